The third-order valence-electron chi connectivity index (χ3n) is 4.55. The molecule has 1 aliphatic heterocycles. The maximum Gasteiger partial charge on any atom is 0.269 e. The molecule has 0 aromatic heterocycles. The minimum absolute atomic E-state index is 0.0224. The Balaban J connectivity index is 2.01. The van der Waals surface area contributed by atoms with E-state index in [1.807, 2.05) is 30.3 Å². The summed E-state index contributed by atoms with van der Waals surface area (Å²) in [5, 5.41) is 20.8. The predicted molar refractivity (Wildman–Crippen MR) is 105 cm³/mol. The molecular weight excluding hydrogens is 356 g/mol. The molecule has 6 nitrogen and oxygen atoms in total. The maximum absolute atomic E-state index is 11.0. The van der Waals surface area contributed by atoms with Gasteiger partial charge in [0, 0.05) is 30.0 Å². The third kappa shape index (κ3) is 4.38. The van der Waals surface area contributed by atoms with Crippen LogP contribution < -0.4 is 0 Å². The average Bonchev–Trinajstić information content (AvgIpc) is 2.72. The van der Waals surface area contributed by atoms with Crippen molar-refractivity contribution in [1.29, 1.82) is 5.26 Å². The maximum atomic E-state index is 11.0. The summed E-state index contributed by atoms with van der Waals surface area (Å²) in [6.07, 6.45) is -0.0149. The topological polar surface area (TPSA) is 85.4 Å². The number of nitriles is 1. The second-order valence-corrected chi connectivity index (χ2v) is 7.13. The number of ether oxygens (including phenoxy) is 2. The van der Waals surface area contributed by atoms with Crippen molar-refractivity contribution in [3.05, 3.63) is 81.4 Å². The summed E-state index contributed by atoms with van der Waals surface area (Å²) >= 11 is 0. The molecule has 6 heteroatoms. The molecule has 0 radical (unpaired) electrons. The van der Waals surface area contributed by atoms with Gasteiger partial charge in [-0.25, -0.2) is 0 Å². The summed E-state index contributed by atoms with van der Waals surface area (Å²) in [6, 6.07) is 18.1. The van der Waals surface area contributed by atoms with Gasteiger partial charge in [0.15, 0.2) is 0 Å². The number of nitro groups is 1. The molecule has 0 fully saturated rings. The van der Waals surface area contributed by atoms with Crippen LogP contribution in [0.3, 0.4) is 0 Å². The van der Waals surface area contributed by atoms with Crippen molar-refractivity contribution in [3.63, 3.8) is 0 Å². The fraction of sp³-hybridized carbons (Fsp3) is 0.318. The zero-order chi connectivity index (χ0) is 20.1. The number of rotatable bonds is 6. The Morgan fingerprint density at radius 1 is 1.21 bits per heavy atom. The van der Waals surface area contributed by atoms with Gasteiger partial charge in [-0.1, -0.05) is 56.3 Å². The number of hydrogen-bond donors (Lipinski definition) is 0. The molecule has 144 valence electrons. The van der Waals surface area contributed by atoms with Gasteiger partial charge >= 0.3 is 0 Å². The summed E-state index contributed by atoms with van der Waals surface area (Å²) in [5.41, 5.74) is 2.17. The van der Waals surface area contributed by atoms with Crippen molar-refractivity contribution >= 4 is 11.4 Å². The van der Waals surface area contributed by atoms with Gasteiger partial charge in [-0.05, 0) is 11.5 Å². The van der Waals surface area contributed by atoms with E-state index in [0.29, 0.717) is 30.3 Å². The third-order valence-corrected chi connectivity index (χ3v) is 4.55. The number of benzene rings is 2. The molecule has 0 amide bonds. The number of non-ortho nitro benzene ring substituents is 1. The molecule has 1 heterocycles. The standard InChI is InChI=1S/C22H22N2O4/c1-15(2)14-27-21-12-19(16-8-10-18(11-9-16)24(25)26)20(13-23)22(28-21)17-6-4-3-5-7-17/h3-11,15,19,21H,12,14H2,1-2H3/t19-,21-/m1/s1. The predicted octanol–water partition coefficient (Wildman–Crippen LogP) is 5.03. The lowest BCUT2D eigenvalue weighted by molar-refractivity contribution is -0.384. The molecule has 1 aliphatic rings. The van der Waals surface area contributed by atoms with Crippen molar-refractivity contribution in [3.8, 4) is 6.07 Å². The highest BCUT2D eigenvalue weighted by atomic mass is 16.7. The van der Waals surface area contributed by atoms with Crippen LogP contribution in [-0.2, 0) is 9.47 Å². The minimum atomic E-state index is -0.491. The normalized spacial score (nSPS) is 19.2. The Morgan fingerprint density at radius 2 is 1.89 bits per heavy atom. The van der Waals surface area contributed by atoms with E-state index in [-0.39, 0.29) is 11.6 Å². The summed E-state index contributed by atoms with van der Waals surface area (Å²) in [5.74, 6) is 0.598. The number of hydrogen-bond acceptors (Lipinski definition) is 5. The van der Waals surface area contributed by atoms with Crippen LogP contribution in [0.25, 0.3) is 5.76 Å². The Hall–Kier alpha value is -3.17. The number of nitro benzene ring substituents is 1. The first-order valence-electron chi connectivity index (χ1n) is 9.22. The molecule has 0 N–H and O–H groups in total. The first kappa shape index (κ1) is 19.6. The van der Waals surface area contributed by atoms with Crippen LogP contribution in [0.1, 0.15) is 37.3 Å². The number of allylic oxidation sites excluding steroid dienone is 1. The highest BCUT2D eigenvalue weighted by Gasteiger charge is 2.33. The fourth-order valence-corrected chi connectivity index (χ4v) is 3.19. The lowest BCUT2D eigenvalue weighted by Gasteiger charge is -2.32. The quantitative estimate of drug-likeness (QED) is 0.520. The Kier molecular flexibility index (Phi) is 6.07. The minimum Gasteiger partial charge on any atom is -0.463 e. The van der Waals surface area contributed by atoms with Crippen molar-refractivity contribution < 1.29 is 14.4 Å². The van der Waals surface area contributed by atoms with E-state index < -0.39 is 11.2 Å². The summed E-state index contributed by atoms with van der Waals surface area (Å²) in [7, 11) is 0. The van der Waals surface area contributed by atoms with Gasteiger partial charge in [-0.2, -0.15) is 5.26 Å². The zero-order valence-electron chi connectivity index (χ0n) is 15.9. The van der Waals surface area contributed by atoms with Gasteiger partial charge in [-0.15, -0.1) is 0 Å². The van der Waals surface area contributed by atoms with Gasteiger partial charge in [0.1, 0.15) is 5.76 Å². The molecule has 0 spiro atoms. The van der Waals surface area contributed by atoms with E-state index in [4.69, 9.17) is 9.47 Å². The molecule has 0 saturated carbocycles. The Bertz CT molecular complexity index is 898. The van der Waals surface area contributed by atoms with E-state index in [0.717, 1.165) is 11.1 Å². The molecule has 2 atom stereocenters. The SMILES string of the molecule is CC(C)CO[C@H]1C[C@H](c2ccc([N+](=O)[O-])cc2)C(C#N)=C(c2ccccc2)O1. The van der Waals surface area contributed by atoms with Gasteiger partial charge in [0.05, 0.1) is 23.2 Å². The Morgan fingerprint density at radius 3 is 2.46 bits per heavy atom. The Labute approximate surface area is 164 Å². The highest BCUT2D eigenvalue weighted by molar-refractivity contribution is 5.69. The van der Waals surface area contributed by atoms with Crippen LogP contribution in [0.15, 0.2) is 60.2 Å². The smallest absolute Gasteiger partial charge is 0.269 e. The molecular formula is C22H22N2O4. The molecule has 2 aromatic rings. The van der Waals surface area contributed by atoms with Crippen LogP contribution in [-0.4, -0.2) is 17.8 Å². The van der Waals surface area contributed by atoms with E-state index in [1.54, 1.807) is 12.1 Å². The molecule has 3 rings (SSSR count). The highest BCUT2D eigenvalue weighted by Crippen LogP contribution is 2.41. The summed E-state index contributed by atoms with van der Waals surface area (Å²) in [6.45, 7) is 4.66. The van der Waals surface area contributed by atoms with E-state index in [9.17, 15) is 15.4 Å². The first-order chi connectivity index (χ1) is 13.5. The lowest BCUT2D eigenvalue weighted by Crippen LogP contribution is -2.27. The van der Waals surface area contributed by atoms with Gasteiger partial charge < -0.3 is 9.47 Å². The van der Waals surface area contributed by atoms with E-state index in [2.05, 4.69) is 19.9 Å². The van der Waals surface area contributed by atoms with Gasteiger partial charge in [0.2, 0.25) is 6.29 Å². The second-order valence-electron chi connectivity index (χ2n) is 7.13. The van der Waals surface area contributed by atoms with Crippen LogP contribution in [0, 0.1) is 27.4 Å². The molecule has 0 bridgehead atoms. The van der Waals surface area contributed by atoms with Crippen LogP contribution in [0.5, 0.6) is 0 Å². The van der Waals surface area contributed by atoms with Crippen LogP contribution in [0.4, 0.5) is 5.69 Å². The lowest BCUT2D eigenvalue weighted by atomic mass is 9.85. The number of nitrogens with zero attached hydrogens (tertiary/aromatic N) is 2. The van der Waals surface area contributed by atoms with Crippen molar-refractivity contribution in [1.82, 2.24) is 0 Å². The fourth-order valence-electron chi connectivity index (χ4n) is 3.19. The second kappa shape index (κ2) is 8.68. The first-order valence-corrected chi connectivity index (χ1v) is 9.22. The van der Waals surface area contributed by atoms with Crippen molar-refractivity contribution in [2.45, 2.75) is 32.5 Å². The largest absolute Gasteiger partial charge is 0.463 e. The van der Waals surface area contributed by atoms with Crippen LogP contribution >= 0.6 is 0 Å². The molecule has 0 aliphatic carbocycles. The average molecular weight is 378 g/mol. The van der Waals surface area contributed by atoms with Crippen molar-refractivity contribution in [2.24, 2.45) is 5.92 Å². The van der Waals surface area contributed by atoms with E-state index in [1.165, 1.54) is 12.1 Å². The van der Waals surface area contributed by atoms with Gasteiger partial charge in [0.25, 0.3) is 5.69 Å². The summed E-state index contributed by atoms with van der Waals surface area (Å²) in [4.78, 5) is 10.5. The van der Waals surface area contributed by atoms with Gasteiger partial charge in [-0.3, -0.25) is 10.1 Å². The van der Waals surface area contributed by atoms with Crippen LogP contribution in [0.2, 0.25) is 0 Å². The van der Waals surface area contributed by atoms with E-state index >= 15 is 0 Å². The molecule has 28 heavy (non-hydrogen) atoms. The summed E-state index contributed by atoms with van der Waals surface area (Å²) < 4.78 is 12.0. The zero-order valence-corrected chi connectivity index (χ0v) is 15.9. The molecule has 2 aromatic carbocycles. The van der Waals surface area contributed by atoms with Crippen molar-refractivity contribution in [2.75, 3.05) is 6.61 Å². The monoisotopic (exact) mass is 378 g/mol. The molecule has 0 unspecified atom stereocenters. The molecule has 0 saturated heterocycles.